The molecule has 2 aliphatic heterocycles. The molecule has 1 aromatic carbocycles. The first-order valence-corrected chi connectivity index (χ1v) is 6.40. The van der Waals surface area contributed by atoms with Crippen LogP contribution >= 0.6 is 0 Å². The lowest BCUT2D eigenvalue weighted by atomic mass is 9.83. The molecule has 0 saturated carbocycles. The molecular weight excluding hydrogens is 198 g/mol. The molecule has 0 spiro atoms. The molecule has 2 nitrogen and oxygen atoms in total. The number of nitrogens with one attached hydrogen (secondary N) is 1. The first-order chi connectivity index (χ1) is 7.95. The molecule has 1 aromatic rings. The van der Waals surface area contributed by atoms with Gasteiger partial charge >= 0.3 is 0 Å². The smallest absolute Gasteiger partial charge is 0.122 e. The number of fused-ring (bicyclic) bond motifs is 1. The first-order valence-electron chi connectivity index (χ1n) is 6.40. The summed E-state index contributed by atoms with van der Waals surface area (Å²) in [6, 6.07) is 9.19. The fourth-order valence-electron chi connectivity index (χ4n) is 3.01. The van der Waals surface area contributed by atoms with E-state index in [9.17, 15) is 0 Å². The maximum atomic E-state index is 5.72. The van der Waals surface area contributed by atoms with E-state index in [1.54, 1.807) is 0 Å². The Morgan fingerprint density at radius 3 is 2.94 bits per heavy atom. The highest BCUT2D eigenvalue weighted by atomic mass is 16.5. The van der Waals surface area contributed by atoms with E-state index in [2.05, 4.69) is 29.6 Å². The number of para-hydroxylation sites is 1. The van der Waals surface area contributed by atoms with Gasteiger partial charge in [0.05, 0.1) is 6.61 Å². The van der Waals surface area contributed by atoms with E-state index in [-0.39, 0.29) is 0 Å². The molecule has 3 rings (SSSR count). The van der Waals surface area contributed by atoms with Crippen molar-refractivity contribution in [2.24, 2.45) is 0 Å². The maximum Gasteiger partial charge on any atom is 0.122 e. The normalized spacial score (nSPS) is 29.2. The van der Waals surface area contributed by atoms with Crippen molar-refractivity contribution in [1.82, 2.24) is 5.32 Å². The molecule has 86 valence electrons. The van der Waals surface area contributed by atoms with Crippen LogP contribution in [0.1, 0.15) is 37.2 Å². The molecule has 0 aliphatic carbocycles. The van der Waals surface area contributed by atoms with Crippen LogP contribution in [-0.2, 0) is 0 Å². The molecule has 16 heavy (non-hydrogen) atoms. The van der Waals surface area contributed by atoms with E-state index in [0.717, 1.165) is 18.8 Å². The van der Waals surface area contributed by atoms with Gasteiger partial charge in [-0.2, -0.15) is 0 Å². The molecule has 1 saturated heterocycles. The topological polar surface area (TPSA) is 21.3 Å². The third-order valence-corrected chi connectivity index (χ3v) is 3.84. The minimum absolute atomic E-state index is 0.658. The number of hydrogen-bond donors (Lipinski definition) is 1. The van der Waals surface area contributed by atoms with Crippen molar-refractivity contribution in [2.45, 2.75) is 37.6 Å². The van der Waals surface area contributed by atoms with Crippen LogP contribution in [0.15, 0.2) is 24.3 Å². The zero-order valence-electron chi connectivity index (χ0n) is 9.61. The van der Waals surface area contributed by atoms with Gasteiger partial charge in [0.25, 0.3) is 0 Å². The minimum atomic E-state index is 0.658. The predicted octanol–water partition coefficient (Wildman–Crippen LogP) is 2.69. The Bertz CT molecular complexity index is 358. The van der Waals surface area contributed by atoms with Crippen LogP contribution in [0, 0.1) is 0 Å². The van der Waals surface area contributed by atoms with Crippen molar-refractivity contribution in [3.63, 3.8) is 0 Å². The molecule has 1 N–H and O–H groups in total. The molecule has 0 bridgehead atoms. The Labute approximate surface area is 97.0 Å². The Morgan fingerprint density at radius 1 is 1.12 bits per heavy atom. The van der Waals surface area contributed by atoms with Crippen molar-refractivity contribution in [1.29, 1.82) is 0 Å². The second-order valence-corrected chi connectivity index (χ2v) is 4.84. The quantitative estimate of drug-likeness (QED) is 0.781. The molecule has 2 heterocycles. The van der Waals surface area contributed by atoms with Gasteiger partial charge in [0.1, 0.15) is 5.75 Å². The Hall–Kier alpha value is -1.02. The highest BCUT2D eigenvalue weighted by molar-refractivity contribution is 5.38. The Kier molecular flexibility index (Phi) is 2.83. The van der Waals surface area contributed by atoms with Crippen molar-refractivity contribution in [2.75, 3.05) is 13.2 Å². The highest BCUT2D eigenvalue weighted by Crippen LogP contribution is 2.37. The standard InChI is InChI=1S/C14H19NO/c1-2-7-14-12(5-1)11(8-10-16-14)13-6-3-4-9-15-13/h1-2,5,7,11,13,15H,3-4,6,8-10H2/t11-,13-/m0/s1. The lowest BCUT2D eigenvalue weighted by molar-refractivity contribution is 0.232. The van der Waals surface area contributed by atoms with E-state index >= 15 is 0 Å². The molecular formula is C14H19NO. The monoisotopic (exact) mass is 217 g/mol. The molecule has 2 aliphatic rings. The second-order valence-electron chi connectivity index (χ2n) is 4.84. The number of hydrogen-bond acceptors (Lipinski definition) is 2. The van der Waals surface area contributed by atoms with E-state index in [4.69, 9.17) is 4.74 Å². The summed E-state index contributed by atoms with van der Waals surface area (Å²) >= 11 is 0. The molecule has 2 atom stereocenters. The fraction of sp³-hybridized carbons (Fsp3) is 0.571. The summed E-state index contributed by atoms with van der Waals surface area (Å²) in [5, 5.41) is 3.67. The zero-order chi connectivity index (χ0) is 10.8. The average molecular weight is 217 g/mol. The lowest BCUT2D eigenvalue weighted by Gasteiger charge is -2.35. The summed E-state index contributed by atoms with van der Waals surface area (Å²) < 4.78 is 5.72. The number of benzene rings is 1. The van der Waals surface area contributed by atoms with E-state index in [1.165, 1.54) is 31.4 Å². The summed E-state index contributed by atoms with van der Waals surface area (Å²) in [5.74, 6) is 1.76. The van der Waals surface area contributed by atoms with Crippen LogP contribution in [0.2, 0.25) is 0 Å². The zero-order valence-corrected chi connectivity index (χ0v) is 9.61. The number of ether oxygens (including phenoxy) is 1. The second kappa shape index (κ2) is 4.46. The van der Waals surface area contributed by atoms with Gasteiger partial charge in [0.2, 0.25) is 0 Å². The van der Waals surface area contributed by atoms with Gasteiger partial charge in [-0.15, -0.1) is 0 Å². The van der Waals surface area contributed by atoms with Gasteiger partial charge < -0.3 is 10.1 Å². The summed E-state index contributed by atoms with van der Waals surface area (Å²) in [7, 11) is 0. The van der Waals surface area contributed by atoms with Gasteiger partial charge in [-0.1, -0.05) is 24.6 Å². The van der Waals surface area contributed by atoms with Crippen LogP contribution in [0.3, 0.4) is 0 Å². The first kappa shape index (κ1) is 10.2. The van der Waals surface area contributed by atoms with Gasteiger partial charge in [-0.05, 0) is 37.4 Å². The Balaban J connectivity index is 1.86. The molecule has 2 heteroatoms. The van der Waals surface area contributed by atoms with Crippen molar-refractivity contribution in [3.05, 3.63) is 29.8 Å². The summed E-state index contributed by atoms with van der Waals surface area (Å²) in [5.41, 5.74) is 1.41. The lowest BCUT2D eigenvalue weighted by Crippen LogP contribution is -2.40. The number of piperidine rings is 1. The van der Waals surface area contributed by atoms with Crippen LogP contribution < -0.4 is 10.1 Å². The van der Waals surface area contributed by atoms with Crippen LogP contribution in [0.25, 0.3) is 0 Å². The largest absolute Gasteiger partial charge is 0.493 e. The number of rotatable bonds is 1. The van der Waals surface area contributed by atoms with Gasteiger partial charge in [-0.25, -0.2) is 0 Å². The van der Waals surface area contributed by atoms with Crippen molar-refractivity contribution >= 4 is 0 Å². The molecule has 1 fully saturated rings. The Morgan fingerprint density at radius 2 is 2.06 bits per heavy atom. The van der Waals surface area contributed by atoms with E-state index < -0.39 is 0 Å². The molecule has 0 radical (unpaired) electrons. The van der Waals surface area contributed by atoms with Crippen LogP contribution in [-0.4, -0.2) is 19.2 Å². The molecule has 0 amide bonds. The summed E-state index contributed by atoms with van der Waals surface area (Å²) in [4.78, 5) is 0. The van der Waals surface area contributed by atoms with Gasteiger partial charge in [0, 0.05) is 12.0 Å². The summed E-state index contributed by atoms with van der Waals surface area (Å²) in [6.07, 6.45) is 5.19. The molecule has 0 aromatic heterocycles. The minimum Gasteiger partial charge on any atom is -0.493 e. The summed E-state index contributed by atoms with van der Waals surface area (Å²) in [6.45, 7) is 2.06. The van der Waals surface area contributed by atoms with Crippen molar-refractivity contribution in [3.8, 4) is 5.75 Å². The van der Waals surface area contributed by atoms with Crippen LogP contribution in [0.4, 0.5) is 0 Å². The third-order valence-electron chi connectivity index (χ3n) is 3.84. The van der Waals surface area contributed by atoms with Crippen LogP contribution in [0.5, 0.6) is 5.75 Å². The SMILES string of the molecule is c1ccc2c(c1)OCC[C@@H]2[C@@H]1CCCCN1. The average Bonchev–Trinajstić information content (AvgIpc) is 2.39. The third kappa shape index (κ3) is 1.82. The molecule has 0 unspecified atom stereocenters. The highest BCUT2D eigenvalue weighted by Gasteiger charge is 2.29. The van der Waals surface area contributed by atoms with E-state index in [1.807, 2.05) is 0 Å². The van der Waals surface area contributed by atoms with Gasteiger partial charge in [-0.3, -0.25) is 0 Å². The predicted molar refractivity (Wildman–Crippen MR) is 64.9 cm³/mol. The van der Waals surface area contributed by atoms with E-state index in [0.29, 0.717) is 12.0 Å². The van der Waals surface area contributed by atoms with Gasteiger partial charge in [0.15, 0.2) is 0 Å². The fourth-order valence-corrected chi connectivity index (χ4v) is 3.01. The van der Waals surface area contributed by atoms with Crippen molar-refractivity contribution < 1.29 is 4.74 Å². The maximum absolute atomic E-state index is 5.72.